The van der Waals surface area contributed by atoms with Crippen LogP contribution < -0.4 is 10.6 Å². The second-order valence-corrected chi connectivity index (χ2v) is 4.33. The van der Waals surface area contributed by atoms with Crippen molar-refractivity contribution < 1.29 is 4.79 Å². The standard InChI is InChI=1S/C13H20N2O/c1-10(2)11(3)14-9-13(16)15-12-7-5-4-6-8-12/h4-8,10-11,14H,9H2,1-3H3,(H,15,16). The Kier molecular flexibility index (Phi) is 4.99. The zero-order valence-electron chi connectivity index (χ0n) is 10.2. The summed E-state index contributed by atoms with van der Waals surface area (Å²) in [6, 6.07) is 9.84. The Bertz CT molecular complexity index is 322. The molecule has 0 saturated carbocycles. The number of nitrogens with one attached hydrogen (secondary N) is 2. The molecule has 0 radical (unpaired) electrons. The minimum absolute atomic E-state index is 0.00120. The Labute approximate surface area is 97.2 Å². The molecule has 0 bridgehead atoms. The van der Waals surface area contributed by atoms with Crippen LogP contribution in [0.2, 0.25) is 0 Å². The van der Waals surface area contributed by atoms with Gasteiger partial charge >= 0.3 is 0 Å². The van der Waals surface area contributed by atoms with Gasteiger partial charge in [0, 0.05) is 11.7 Å². The lowest BCUT2D eigenvalue weighted by atomic mass is 10.1. The highest BCUT2D eigenvalue weighted by atomic mass is 16.1. The summed E-state index contributed by atoms with van der Waals surface area (Å²) in [5, 5.41) is 6.02. The first kappa shape index (κ1) is 12.7. The molecule has 0 fully saturated rings. The molecule has 0 heterocycles. The van der Waals surface area contributed by atoms with E-state index < -0.39 is 0 Å². The molecule has 0 spiro atoms. The number of carbonyl (C=O) groups excluding carboxylic acids is 1. The van der Waals surface area contributed by atoms with Gasteiger partial charge in [-0.05, 0) is 25.0 Å². The predicted molar refractivity (Wildman–Crippen MR) is 67.4 cm³/mol. The summed E-state index contributed by atoms with van der Waals surface area (Å²) < 4.78 is 0. The van der Waals surface area contributed by atoms with Crippen molar-refractivity contribution in [3.63, 3.8) is 0 Å². The maximum Gasteiger partial charge on any atom is 0.238 e. The average Bonchev–Trinajstić information content (AvgIpc) is 2.27. The van der Waals surface area contributed by atoms with Crippen molar-refractivity contribution >= 4 is 11.6 Å². The number of hydrogen-bond donors (Lipinski definition) is 2. The zero-order valence-corrected chi connectivity index (χ0v) is 10.2. The second-order valence-electron chi connectivity index (χ2n) is 4.33. The lowest BCUT2D eigenvalue weighted by Gasteiger charge is -2.16. The third-order valence-electron chi connectivity index (χ3n) is 2.64. The number of para-hydroxylation sites is 1. The van der Waals surface area contributed by atoms with Crippen molar-refractivity contribution in [2.24, 2.45) is 5.92 Å². The summed E-state index contributed by atoms with van der Waals surface area (Å²) >= 11 is 0. The van der Waals surface area contributed by atoms with Crippen LogP contribution in [0.25, 0.3) is 0 Å². The Morgan fingerprint density at radius 1 is 1.19 bits per heavy atom. The minimum atomic E-state index is -0.00120. The molecule has 88 valence electrons. The first-order valence-corrected chi connectivity index (χ1v) is 5.68. The van der Waals surface area contributed by atoms with Crippen molar-refractivity contribution in [2.45, 2.75) is 26.8 Å². The number of rotatable bonds is 5. The van der Waals surface area contributed by atoms with Crippen molar-refractivity contribution in [3.8, 4) is 0 Å². The third-order valence-corrected chi connectivity index (χ3v) is 2.64. The van der Waals surface area contributed by atoms with Crippen LogP contribution in [0.15, 0.2) is 30.3 Å². The van der Waals surface area contributed by atoms with E-state index in [2.05, 4.69) is 31.4 Å². The number of benzene rings is 1. The van der Waals surface area contributed by atoms with E-state index >= 15 is 0 Å². The Hall–Kier alpha value is -1.35. The Morgan fingerprint density at radius 2 is 1.81 bits per heavy atom. The van der Waals surface area contributed by atoms with Gasteiger partial charge in [0.15, 0.2) is 0 Å². The summed E-state index contributed by atoms with van der Waals surface area (Å²) in [6.07, 6.45) is 0. The molecular formula is C13H20N2O. The van der Waals surface area contributed by atoms with Gasteiger partial charge < -0.3 is 10.6 Å². The van der Waals surface area contributed by atoms with Crippen LogP contribution >= 0.6 is 0 Å². The molecule has 1 aromatic carbocycles. The van der Waals surface area contributed by atoms with Crippen LogP contribution in [0, 0.1) is 5.92 Å². The summed E-state index contributed by atoms with van der Waals surface area (Å²) in [6.45, 7) is 6.70. The van der Waals surface area contributed by atoms with Gasteiger partial charge in [-0.25, -0.2) is 0 Å². The van der Waals surface area contributed by atoms with E-state index in [9.17, 15) is 4.79 Å². The number of amides is 1. The van der Waals surface area contributed by atoms with Gasteiger partial charge in [0.05, 0.1) is 6.54 Å². The van der Waals surface area contributed by atoms with E-state index in [0.29, 0.717) is 18.5 Å². The summed E-state index contributed by atoms with van der Waals surface area (Å²) in [4.78, 5) is 11.6. The molecule has 0 aromatic heterocycles. The molecule has 1 aromatic rings. The molecule has 2 N–H and O–H groups in total. The fourth-order valence-electron chi connectivity index (χ4n) is 1.22. The molecule has 0 aliphatic heterocycles. The summed E-state index contributed by atoms with van der Waals surface area (Å²) in [7, 11) is 0. The lowest BCUT2D eigenvalue weighted by molar-refractivity contribution is -0.115. The van der Waals surface area contributed by atoms with Gasteiger partial charge in [0.25, 0.3) is 0 Å². The first-order valence-electron chi connectivity index (χ1n) is 5.68. The summed E-state index contributed by atoms with van der Waals surface area (Å²) in [5.41, 5.74) is 0.839. The number of hydrogen-bond acceptors (Lipinski definition) is 2. The average molecular weight is 220 g/mol. The highest BCUT2D eigenvalue weighted by molar-refractivity contribution is 5.92. The lowest BCUT2D eigenvalue weighted by Crippen LogP contribution is -2.37. The third kappa shape index (κ3) is 4.45. The first-order chi connectivity index (χ1) is 7.59. The van der Waals surface area contributed by atoms with Crippen LogP contribution in [0.5, 0.6) is 0 Å². The molecule has 0 aliphatic carbocycles. The SMILES string of the molecule is CC(C)C(C)NCC(=O)Nc1ccccc1. The highest BCUT2D eigenvalue weighted by Crippen LogP contribution is 2.04. The van der Waals surface area contributed by atoms with E-state index in [1.54, 1.807) is 0 Å². The highest BCUT2D eigenvalue weighted by Gasteiger charge is 2.08. The monoisotopic (exact) mass is 220 g/mol. The number of carbonyl (C=O) groups is 1. The predicted octanol–water partition coefficient (Wildman–Crippen LogP) is 2.26. The molecule has 1 unspecified atom stereocenters. The van der Waals surface area contributed by atoms with Crippen LogP contribution in [-0.4, -0.2) is 18.5 Å². The van der Waals surface area contributed by atoms with E-state index in [4.69, 9.17) is 0 Å². The second kappa shape index (κ2) is 6.28. The smallest absolute Gasteiger partial charge is 0.238 e. The maximum absolute atomic E-state index is 11.6. The van der Waals surface area contributed by atoms with Crippen LogP contribution in [0.4, 0.5) is 5.69 Å². The number of anilines is 1. The van der Waals surface area contributed by atoms with Gasteiger partial charge in [0.1, 0.15) is 0 Å². The summed E-state index contributed by atoms with van der Waals surface area (Å²) in [5.74, 6) is 0.531. The van der Waals surface area contributed by atoms with Crippen molar-refractivity contribution in [3.05, 3.63) is 30.3 Å². The fourth-order valence-corrected chi connectivity index (χ4v) is 1.22. The van der Waals surface area contributed by atoms with Crippen molar-refractivity contribution in [1.82, 2.24) is 5.32 Å². The van der Waals surface area contributed by atoms with E-state index in [0.717, 1.165) is 5.69 Å². The molecule has 16 heavy (non-hydrogen) atoms. The van der Waals surface area contributed by atoms with Gasteiger partial charge in [-0.1, -0.05) is 32.0 Å². The molecule has 1 atom stereocenters. The minimum Gasteiger partial charge on any atom is -0.325 e. The fraction of sp³-hybridized carbons (Fsp3) is 0.462. The van der Waals surface area contributed by atoms with Gasteiger partial charge in [-0.2, -0.15) is 0 Å². The van der Waals surface area contributed by atoms with E-state index in [1.165, 1.54) is 0 Å². The molecule has 3 nitrogen and oxygen atoms in total. The van der Waals surface area contributed by atoms with Crippen molar-refractivity contribution in [1.29, 1.82) is 0 Å². The molecular weight excluding hydrogens is 200 g/mol. The normalized spacial score (nSPS) is 12.5. The Morgan fingerprint density at radius 3 is 2.38 bits per heavy atom. The largest absolute Gasteiger partial charge is 0.325 e. The zero-order chi connectivity index (χ0) is 12.0. The molecule has 1 rings (SSSR count). The molecule has 0 saturated heterocycles. The van der Waals surface area contributed by atoms with E-state index in [1.807, 2.05) is 30.3 Å². The van der Waals surface area contributed by atoms with Gasteiger partial charge in [-0.3, -0.25) is 4.79 Å². The van der Waals surface area contributed by atoms with Crippen LogP contribution in [0.3, 0.4) is 0 Å². The molecule has 3 heteroatoms. The van der Waals surface area contributed by atoms with Gasteiger partial charge in [-0.15, -0.1) is 0 Å². The Balaban J connectivity index is 2.32. The maximum atomic E-state index is 11.6. The van der Waals surface area contributed by atoms with Crippen LogP contribution in [0.1, 0.15) is 20.8 Å². The quantitative estimate of drug-likeness (QED) is 0.799. The van der Waals surface area contributed by atoms with Crippen molar-refractivity contribution in [2.75, 3.05) is 11.9 Å². The van der Waals surface area contributed by atoms with Crippen LogP contribution in [-0.2, 0) is 4.79 Å². The molecule has 0 aliphatic rings. The topological polar surface area (TPSA) is 41.1 Å². The van der Waals surface area contributed by atoms with E-state index in [-0.39, 0.29) is 5.91 Å². The van der Waals surface area contributed by atoms with Gasteiger partial charge in [0.2, 0.25) is 5.91 Å². The molecule has 1 amide bonds.